The second-order valence-corrected chi connectivity index (χ2v) is 6.03. The number of aryl methyl sites for hydroxylation is 2. The van der Waals surface area contributed by atoms with Gasteiger partial charge in [0.05, 0.1) is 7.11 Å². The van der Waals surface area contributed by atoms with Gasteiger partial charge in [-0.1, -0.05) is 6.07 Å². The maximum Gasteiger partial charge on any atom is 0.123 e. The molecule has 0 aromatic heterocycles. The molecule has 1 spiro atoms. The van der Waals surface area contributed by atoms with Crippen LogP contribution >= 0.6 is 0 Å². The molecule has 3 nitrogen and oxygen atoms in total. The number of ether oxygens (including phenoxy) is 1. The van der Waals surface area contributed by atoms with E-state index in [0.717, 1.165) is 18.7 Å². The highest BCUT2D eigenvalue weighted by atomic mass is 16.6. The van der Waals surface area contributed by atoms with Crippen molar-refractivity contribution in [2.45, 2.75) is 45.1 Å². The lowest BCUT2D eigenvalue weighted by Crippen LogP contribution is -2.55. The Hall–Kier alpha value is -1.06. The Morgan fingerprint density at radius 2 is 2.16 bits per heavy atom. The molecule has 2 aliphatic rings. The minimum atomic E-state index is 0.0543. The summed E-state index contributed by atoms with van der Waals surface area (Å²) < 4.78 is 6.43. The van der Waals surface area contributed by atoms with E-state index in [1.807, 2.05) is 0 Å². The molecule has 1 N–H and O–H groups in total. The highest BCUT2D eigenvalue weighted by molar-refractivity contribution is 5.45. The van der Waals surface area contributed by atoms with Crippen LogP contribution in [0.15, 0.2) is 12.1 Å². The van der Waals surface area contributed by atoms with E-state index in [-0.39, 0.29) is 5.60 Å². The molecule has 19 heavy (non-hydrogen) atoms. The predicted molar refractivity (Wildman–Crippen MR) is 75.3 cm³/mol. The smallest absolute Gasteiger partial charge is 0.123 e. The van der Waals surface area contributed by atoms with E-state index in [1.54, 1.807) is 7.11 Å². The topological polar surface area (TPSA) is 30.5 Å². The first-order valence-corrected chi connectivity index (χ1v) is 7.19. The molecule has 1 fully saturated rings. The molecule has 1 aromatic rings. The van der Waals surface area contributed by atoms with Crippen LogP contribution in [0, 0.1) is 19.8 Å². The zero-order valence-corrected chi connectivity index (χ0v) is 12.1. The van der Waals surface area contributed by atoms with Crippen LogP contribution in [0.3, 0.4) is 0 Å². The van der Waals surface area contributed by atoms with Gasteiger partial charge < -0.3 is 9.57 Å². The summed E-state index contributed by atoms with van der Waals surface area (Å²) in [6.07, 6.45) is 4.73. The fraction of sp³-hybridized carbons (Fsp3) is 0.625. The molecule has 0 saturated heterocycles. The third-order valence-corrected chi connectivity index (χ3v) is 4.76. The van der Waals surface area contributed by atoms with Crippen molar-refractivity contribution < 1.29 is 9.57 Å². The summed E-state index contributed by atoms with van der Waals surface area (Å²) >= 11 is 0. The molecule has 1 aliphatic carbocycles. The van der Waals surface area contributed by atoms with Crippen LogP contribution in [-0.4, -0.2) is 19.3 Å². The third-order valence-electron chi connectivity index (χ3n) is 4.76. The number of hydroxylamine groups is 1. The van der Waals surface area contributed by atoms with Crippen molar-refractivity contribution in [1.82, 2.24) is 5.48 Å². The summed E-state index contributed by atoms with van der Waals surface area (Å²) in [4.78, 5) is 5.04. The van der Waals surface area contributed by atoms with Gasteiger partial charge in [0.25, 0.3) is 0 Å². The quantitative estimate of drug-likeness (QED) is 0.849. The van der Waals surface area contributed by atoms with E-state index < -0.39 is 0 Å². The third kappa shape index (κ3) is 2.15. The molecule has 3 rings (SSSR count). The molecule has 0 radical (unpaired) electrons. The Morgan fingerprint density at radius 3 is 2.79 bits per heavy atom. The molecule has 104 valence electrons. The Balaban J connectivity index is 1.92. The summed E-state index contributed by atoms with van der Waals surface area (Å²) in [6.45, 7) is 5.20. The van der Waals surface area contributed by atoms with Crippen LogP contribution in [0.25, 0.3) is 0 Å². The van der Waals surface area contributed by atoms with E-state index >= 15 is 0 Å². The van der Waals surface area contributed by atoms with Gasteiger partial charge in [-0.15, -0.1) is 0 Å². The van der Waals surface area contributed by atoms with Crippen molar-refractivity contribution in [1.29, 1.82) is 0 Å². The maximum absolute atomic E-state index is 6.43. The van der Waals surface area contributed by atoms with E-state index in [4.69, 9.17) is 9.57 Å². The fourth-order valence-corrected chi connectivity index (χ4v) is 3.52. The van der Waals surface area contributed by atoms with Crippen LogP contribution < -0.4 is 10.2 Å². The normalized spacial score (nSPS) is 23.6. The monoisotopic (exact) mass is 261 g/mol. The zero-order valence-electron chi connectivity index (χ0n) is 12.1. The minimum absolute atomic E-state index is 0.0543. The second-order valence-electron chi connectivity index (χ2n) is 6.03. The van der Waals surface area contributed by atoms with Crippen LogP contribution in [0.2, 0.25) is 0 Å². The lowest BCUT2D eigenvalue weighted by molar-refractivity contribution is -0.0823. The molecule has 1 unspecified atom stereocenters. The van der Waals surface area contributed by atoms with Crippen LogP contribution in [-0.2, 0) is 11.3 Å². The van der Waals surface area contributed by atoms with Crippen molar-refractivity contribution in [2.24, 2.45) is 5.92 Å². The Kier molecular flexibility index (Phi) is 3.27. The predicted octanol–water partition coefficient (Wildman–Crippen LogP) is 2.93. The molecule has 0 amide bonds. The van der Waals surface area contributed by atoms with Crippen molar-refractivity contribution in [3.05, 3.63) is 28.8 Å². The molecule has 3 heteroatoms. The average molecular weight is 261 g/mol. The fourth-order valence-electron chi connectivity index (χ4n) is 3.52. The van der Waals surface area contributed by atoms with Gasteiger partial charge in [-0.25, -0.2) is 5.48 Å². The lowest BCUT2D eigenvalue weighted by Gasteiger charge is -2.51. The average Bonchev–Trinajstić information content (AvgIpc) is 2.33. The van der Waals surface area contributed by atoms with Gasteiger partial charge in [0, 0.05) is 12.5 Å². The lowest BCUT2D eigenvalue weighted by atomic mass is 9.67. The van der Waals surface area contributed by atoms with Crippen molar-refractivity contribution in [2.75, 3.05) is 13.7 Å². The van der Waals surface area contributed by atoms with E-state index in [0.29, 0.717) is 5.92 Å². The van der Waals surface area contributed by atoms with Crippen molar-refractivity contribution >= 4 is 0 Å². The highest BCUT2D eigenvalue weighted by Crippen LogP contribution is 2.48. The SMILES string of the molecule is CONCC1Cc2c(C)cc(C)cc2OC12CCC2. The maximum atomic E-state index is 6.43. The van der Waals surface area contributed by atoms with Gasteiger partial charge in [-0.05, 0) is 62.3 Å². The van der Waals surface area contributed by atoms with Crippen LogP contribution in [0.4, 0.5) is 0 Å². The van der Waals surface area contributed by atoms with E-state index in [1.165, 1.54) is 36.0 Å². The number of nitrogens with one attached hydrogen (secondary N) is 1. The second kappa shape index (κ2) is 4.80. The Morgan fingerprint density at radius 1 is 1.37 bits per heavy atom. The molecular weight excluding hydrogens is 238 g/mol. The number of hydrogen-bond acceptors (Lipinski definition) is 3. The molecule has 1 atom stereocenters. The highest BCUT2D eigenvalue weighted by Gasteiger charge is 2.49. The summed E-state index contributed by atoms with van der Waals surface area (Å²) in [6, 6.07) is 4.45. The first-order valence-electron chi connectivity index (χ1n) is 7.19. The molecule has 0 bridgehead atoms. The van der Waals surface area contributed by atoms with Crippen molar-refractivity contribution in [3.8, 4) is 5.75 Å². The Labute approximate surface area is 115 Å². The number of rotatable bonds is 3. The van der Waals surface area contributed by atoms with Gasteiger partial charge >= 0.3 is 0 Å². The Bertz CT molecular complexity index is 480. The van der Waals surface area contributed by atoms with Crippen LogP contribution in [0.5, 0.6) is 5.75 Å². The molecule has 1 aliphatic heterocycles. The minimum Gasteiger partial charge on any atom is -0.487 e. The molecule has 1 saturated carbocycles. The molecular formula is C16H23NO2. The summed E-state index contributed by atoms with van der Waals surface area (Å²) in [5, 5.41) is 0. The number of hydrogen-bond donors (Lipinski definition) is 1. The standard InChI is InChI=1S/C16H23NO2/c1-11-7-12(2)14-9-13(10-17-18-3)16(5-4-6-16)19-15(14)8-11/h7-8,13,17H,4-6,9-10H2,1-3H3. The molecule has 1 heterocycles. The van der Waals surface area contributed by atoms with Crippen LogP contribution in [0.1, 0.15) is 36.0 Å². The number of benzene rings is 1. The summed E-state index contributed by atoms with van der Waals surface area (Å²) in [5.41, 5.74) is 7.10. The van der Waals surface area contributed by atoms with Gasteiger partial charge in [-0.2, -0.15) is 0 Å². The largest absolute Gasteiger partial charge is 0.487 e. The summed E-state index contributed by atoms with van der Waals surface area (Å²) in [5.74, 6) is 1.63. The summed E-state index contributed by atoms with van der Waals surface area (Å²) in [7, 11) is 1.68. The van der Waals surface area contributed by atoms with Gasteiger partial charge in [0.15, 0.2) is 0 Å². The van der Waals surface area contributed by atoms with Gasteiger partial charge in [0.2, 0.25) is 0 Å². The van der Waals surface area contributed by atoms with Gasteiger partial charge in [-0.3, -0.25) is 0 Å². The number of fused-ring (bicyclic) bond motifs is 1. The first kappa shape index (κ1) is 12.9. The van der Waals surface area contributed by atoms with E-state index in [9.17, 15) is 0 Å². The molecule has 1 aromatic carbocycles. The first-order chi connectivity index (χ1) is 9.14. The van der Waals surface area contributed by atoms with Crippen molar-refractivity contribution in [3.63, 3.8) is 0 Å². The zero-order chi connectivity index (χ0) is 13.5. The van der Waals surface area contributed by atoms with E-state index in [2.05, 4.69) is 31.5 Å². The van der Waals surface area contributed by atoms with Gasteiger partial charge in [0.1, 0.15) is 11.4 Å².